The Balaban J connectivity index is 1.95. The first-order valence-electron chi connectivity index (χ1n) is 4.47. The lowest BCUT2D eigenvalue weighted by molar-refractivity contribution is 0.112. The third kappa shape index (κ3) is 1.90. The third-order valence-corrected chi connectivity index (χ3v) is 2.06. The molecule has 2 aromatic rings. The average molecular weight is 189 g/mol. The Labute approximate surface area is 81.8 Å². The zero-order valence-corrected chi connectivity index (χ0v) is 7.71. The summed E-state index contributed by atoms with van der Waals surface area (Å²) in [7, 11) is 0. The summed E-state index contributed by atoms with van der Waals surface area (Å²) >= 11 is 0. The van der Waals surface area contributed by atoms with E-state index in [0.717, 1.165) is 19.4 Å². The first-order valence-corrected chi connectivity index (χ1v) is 4.47. The highest BCUT2D eigenvalue weighted by Crippen LogP contribution is 1.98. The van der Waals surface area contributed by atoms with E-state index in [1.165, 1.54) is 0 Å². The highest BCUT2D eigenvalue weighted by Gasteiger charge is 1.95. The van der Waals surface area contributed by atoms with E-state index in [4.69, 9.17) is 0 Å². The van der Waals surface area contributed by atoms with Crippen LogP contribution in [0, 0.1) is 0 Å². The Hall–Kier alpha value is -1.84. The van der Waals surface area contributed by atoms with Gasteiger partial charge in [-0.25, -0.2) is 0 Å². The molecule has 72 valence electrons. The van der Waals surface area contributed by atoms with Crippen molar-refractivity contribution in [1.29, 1.82) is 0 Å². The Morgan fingerprint density at radius 3 is 2.93 bits per heavy atom. The molecule has 0 unspecified atom stereocenters. The normalized spacial score (nSPS) is 10.3. The molecule has 2 rings (SSSR count). The number of carbonyl (C=O) groups excluding carboxylic acids is 1. The predicted molar refractivity (Wildman–Crippen MR) is 52.0 cm³/mol. The van der Waals surface area contributed by atoms with Crippen LogP contribution in [0.4, 0.5) is 0 Å². The molecular formula is C10H11N3O. The van der Waals surface area contributed by atoms with Crippen molar-refractivity contribution >= 4 is 6.29 Å². The van der Waals surface area contributed by atoms with E-state index in [2.05, 4.69) is 5.10 Å². The van der Waals surface area contributed by atoms with Gasteiger partial charge in [-0.2, -0.15) is 5.10 Å². The van der Waals surface area contributed by atoms with E-state index >= 15 is 0 Å². The van der Waals surface area contributed by atoms with Gasteiger partial charge in [-0.05, 0) is 12.1 Å². The molecule has 0 radical (unpaired) electrons. The van der Waals surface area contributed by atoms with Gasteiger partial charge in [-0.1, -0.05) is 0 Å². The van der Waals surface area contributed by atoms with Gasteiger partial charge in [-0.15, -0.1) is 0 Å². The number of aldehydes is 1. The minimum Gasteiger partial charge on any atom is -0.352 e. The molecular weight excluding hydrogens is 178 g/mol. The van der Waals surface area contributed by atoms with Crippen molar-refractivity contribution in [1.82, 2.24) is 14.3 Å². The smallest absolute Gasteiger partial charge is 0.151 e. The zero-order chi connectivity index (χ0) is 9.80. The molecule has 0 fully saturated rings. The lowest BCUT2D eigenvalue weighted by Gasteiger charge is -2.02. The molecule has 14 heavy (non-hydrogen) atoms. The molecule has 0 bridgehead atoms. The quantitative estimate of drug-likeness (QED) is 0.678. The SMILES string of the molecule is O=Cc1ccn(CCn2cccn2)c1. The summed E-state index contributed by atoms with van der Waals surface area (Å²) < 4.78 is 3.84. The molecule has 2 aromatic heterocycles. The van der Waals surface area contributed by atoms with Crippen LogP contribution >= 0.6 is 0 Å². The molecule has 0 N–H and O–H groups in total. The van der Waals surface area contributed by atoms with E-state index in [-0.39, 0.29) is 0 Å². The van der Waals surface area contributed by atoms with Gasteiger partial charge in [0.1, 0.15) is 0 Å². The van der Waals surface area contributed by atoms with E-state index < -0.39 is 0 Å². The van der Waals surface area contributed by atoms with Crippen LogP contribution in [0.3, 0.4) is 0 Å². The van der Waals surface area contributed by atoms with Crippen LogP contribution in [-0.2, 0) is 13.1 Å². The fourth-order valence-corrected chi connectivity index (χ4v) is 1.32. The fourth-order valence-electron chi connectivity index (χ4n) is 1.32. The molecule has 0 saturated heterocycles. The van der Waals surface area contributed by atoms with Gasteiger partial charge in [0.25, 0.3) is 0 Å². The summed E-state index contributed by atoms with van der Waals surface area (Å²) in [6.45, 7) is 1.65. The van der Waals surface area contributed by atoms with Crippen LogP contribution in [0.2, 0.25) is 0 Å². The number of aryl methyl sites for hydroxylation is 2. The van der Waals surface area contributed by atoms with Crippen LogP contribution in [0.1, 0.15) is 10.4 Å². The van der Waals surface area contributed by atoms with Crippen molar-refractivity contribution in [2.24, 2.45) is 0 Å². The second kappa shape index (κ2) is 3.91. The van der Waals surface area contributed by atoms with Crippen molar-refractivity contribution in [3.63, 3.8) is 0 Å². The second-order valence-electron chi connectivity index (χ2n) is 3.07. The summed E-state index contributed by atoms with van der Waals surface area (Å²) in [6.07, 6.45) is 8.25. The molecule has 0 saturated carbocycles. The number of hydrogen-bond acceptors (Lipinski definition) is 2. The number of hydrogen-bond donors (Lipinski definition) is 0. The molecule has 4 heteroatoms. The third-order valence-electron chi connectivity index (χ3n) is 2.06. The molecule has 4 nitrogen and oxygen atoms in total. The highest BCUT2D eigenvalue weighted by atomic mass is 16.1. The Morgan fingerprint density at radius 2 is 2.29 bits per heavy atom. The fraction of sp³-hybridized carbons (Fsp3) is 0.200. The molecule has 0 amide bonds. The maximum atomic E-state index is 10.4. The van der Waals surface area contributed by atoms with Gasteiger partial charge >= 0.3 is 0 Å². The first-order chi connectivity index (χ1) is 6.88. The van der Waals surface area contributed by atoms with Crippen molar-refractivity contribution < 1.29 is 4.79 Å². The summed E-state index contributed by atoms with van der Waals surface area (Å²) in [6, 6.07) is 3.70. The first kappa shape index (κ1) is 8.74. The molecule has 0 spiro atoms. The van der Waals surface area contributed by atoms with Crippen LogP contribution in [0.15, 0.2) is 36.9 Å². The van der Waals surface area contributed by atoms with Crippen LogP contribution < -0.4 is 0 Å². The van der Waals surface area contributed by atoms with Gasteiger partial charge in [0.15, 0.2) is 6.29 Å². The van der Waals surface area contributed by atoms with Crippen LogP contribution in [0.5, 0.6) is 0 Å². The standard InChI is InChI=1S/C10H11N3O/c14-9-10-2-5-12(8-10)6-7-13-4-1-3-11-13/h1-5,8-9H,6-7H2. The summed E-state index contributed by atoms with van der Waals surface area (Å²) in [4.78, 5) is 10.4. The van der Waals surface area contributed by atoms with Gasteiger partial charge in [0, 0.05) is 36.9 Å². The lowest BCUT2D eigenvalue weighted by atomic mass is 10.4. The van der Waals surface area contributed by atoms with E-state index in [1.54, 1.807) is 12.3 Å². The van der Waals surface area contributed by atoms with Gasteiger partial charge in [-0.3, -0.25) is 9.48 Å². The molecule has 0 aliphatic rings. The van der Waals surface area contributed by atoms with Crippen LogP contribution in [-0.4, -0.2) is 20.6 Å². The Kier molecular flexibility index (Phi) is 2.44. The number of aromatic nitrogens is 3. The predicted octanol–water partition coefficient (Wildman–Crippen LogP) is 1.20. The molecule has 0 aliphatic carbocycles. The minimum atomic E-state index is 0.713. The maximum Gasteiger partial charge on any atom is 0.151 e. The Morgan fingerprint density at radius 1 is 1.36 bits per heavy atom. The topological polar surface area (TPSA) is 39.8 Å². The van der Waals surface area contributed by atoms with E-state index in [1.807, 2.05) is 33.9 Å². The van der Waals surface area contributed by atoms with E-state index in [0.29, 0.717) is 5.56 Å². The summed E-state index contributed by atoms with van der Waals surface area (Å²) in [5.74, 6) is 0. The molecule has 0 aromatic carbocycles. The second-order valence-corrected chi connectivity index (χ2v) is 3.07. The highest BCUT2D eigenvalue weighted by molar-refractivity contribution is 5.74. The monoisotopic (exact) mass is 189 g/mol. The minimum absolute atomic E-state index is 0.713. The number of nitrogens with zero attached hydrogens (tertiary/aromatic N) is 3. The lowest BCUT2D eigenvalue weighted by Crippen LogP contribution is -2.05. The molecule has 0 atom stereocenters. The average Bonchev–Trinajstić information content (AvgIpc) is 2.86. The number of rotatable bonds is 4. The summed E-state index contributed by atoms with van der Waals surface area (Å²) in [5, 5.41) is 4.09. The van der Waals surface area contributed by atoms with Crippen molar-refractivity contribution in [2.75, 3.05) is 0 Å². The summed E-state index contributed by atoms with van der Waals surface area (Å²) in [5.41, 5.74) is 0.713. The van der Waals surface area contributed by atoms with Gasteiger partial charge in [0.2, 0.25) is 0 Å². The molecule has 2 heterocycles. The van der Waals surface area contributed by atoms with Crippen molar-refractivity contribution in [3.8, 4) is 0 Å². The van der Waals surface area contributed by atoms with E-state index in [9.17, 15) is 4.79 Å². The van der Waals surface area contributed by atoms with Crippen LogP contribution in [0.25, 0.3) is 0 Å². The van der Waals surface area contributed by atoms with Crippen molar-refractivity contribution in [3.05, 3.63) is 42.5 Å². The Bertz CT molecular complexity index is 403. The zero-order valence-electron chi connectivity index (χ0n) is 7.71. The maximum absolute atomic E-state index is 10.4. The molecule has 0 aliphatic heterocycles. The van der Waals surface area contributed by atoms with Crippen molar-refractivity contribution in [2.45, 2.75) is 13.1 Å². The number of carbonyl (C=O) groups is 1. The largest absolute Gasteiger partial charge is 0.352 e. The van der Waals surface area contributed by atoms with Gasteiger partial charge < -0.3 is 4.57 Å². The van der Waals surface area contributed by atoms with Gasteiger partial charge in [0.05, 0.1) is 6.54 Å².